The van der Waals surface area contributed by atoms with E-state index in [-0.39, 0.29) is 11.9 Å². The minimum Gasteiger partial charge on any atom is -0.357 e. The molecule has 0 fully saturated rings. The van der Waals surface area contributed by atoms with Gasteiger partial charge in [0.05, 0.1) is 6.20 Å². The zero-order valence-corrected chi connectivity index (χ0v) is 10.00. The molecule has 5 heteroatoms. The van der Waals surface area contributed by atoms with Crippen molar-refractivity contribution in [2.45, 2.75) is 13.0 Å². The van der Waals surface area contributed by atoms with Gasteiger partial charge in [-0.15, -0.1) is 0 Å². The van der Waals surface area contributed by atoms with Crippen molar-refractivity contribution in [3.8, 4) is 0 Å². The summed E-state index contributed by atoms with van der Waals surface area (Å²) >= 11 is 0. The molecule has 1 unspecified atom stereocenters. The van der Waals surface area contributed by atoms with Gasteiger partial charge in [-0.3, -0.25) is 9.78 Å². The maximum absolute atomic E-state index is 11.9. The molecule has 0 aliphatic rings. The van der Waals surface area contributed by atoms with E-state index in [1.807, 2.05) is 30.3 Å². The molecule has 2 N–H and O–H groups in total. The van der Waals surface area contributed by atoms with E-state index in [4.69, 9.17) is 0 Å². The first-order chi connectivity index (χ1) is 8.75. The standard InChI is InChI=1S/C13H14N4O/c1-10(16-12-9-14-7-8-15-12)13(18)17-11-5-3-2-4-6-11/h2-10H,1H3,(H,15,16)(H,17,18). The summed E-state index contributed by atoms with van der Waals surface area (Å²) in [4.78, 5) is 19.9. The van der Waals surface area contributed by atoms with Crippen LogP contribution in [0.1, 0.15) is 6.92 Å². The van der Waals surface area contributed by atoms with E-state index >= 15 is 0 Å². The number of carbonyl (C=O) groups excluding carboxylic acids is 1. The average molecular weight is 242 g/mol. The highest BCUT2D eigenvalue weighted by molar-refractivity contribution is 5.96. The number of carbonyl (C=O) groups is 1. The SMILES string of the molecule is CC(Nc1cnccn1)C(=O)Nc1ccccc1. The number of hydrogen-bond donors (Lipinski definition) is 2. The van der Waals surface area contributed by atoms with Crippen molar-refractivity contribution in [2.75, 3.05) is 10.6 Å². The first kappa shape index (κ1) is 12.0. The lowest BCUT2D eigenvalue weighted by atomic mass is 10.2. The molecule has 1 aromatic carbocycles. The van der Waals surface area contributed by atoms with Crippen LogP contribution in [0.2, 0.25) is 0 Å². The Bertz CT molecular complexity index is 501. The van der Waals surface area contributed by atoms with E-state index in [0.29, 0.717) is 5.82 Å². The van der Waals surface area contributed by atoms with E-state index in [1.165, 1.54) is 0 Å². The van der Waals surface area contributed by atoms with Crippen LogP contribution >= 0.6 is 0 Å². The fourth-order valence-corrected chi connectivity index (χ4v) is 1.43. The van der Waals surface area contributed by atoms with Crippen molar-refractivity contribution in [3.05, 3.63) is 48.9 Å². The van der Waals surface area contributed by atoms with Gasteiger partial charge in [0.15, 0.2) is 0 Å². The molecule has 0 saturated carbocycles. The van der Waals surface area contributed by atoms with Gasteiger partial charge in [-0.2, -0.15) is 0 Å². The van der Waals surface area contributed by atoms with Crippen LogP contribution < -0.4 is 10.6 Å². The van der Waals surface area contributed by atoms with Gasteiger partial charge in [0.1, 0.15) is 11.9 Å². The van der Waals surface area contributed by atoms with Crippen LogP contribution in [-0.4, -0.2) is 21.9 Å². The molecule has 92 valence electrons. The molecule has 1 amide bonds. The molecule has 0 spiro atoms. The Morgan fingerprint density at radius 2 is 2.00 bits per heavy atom. The molecule has 0 bridgehead atoms. The van der Waals surface area contributed by atoms with Crippen LogP contribution in [-0.2, 0) is 4.79 Å². The van der Waals surface area contributed by atoms with E-state index in [2.05, 4.69) is 20.6 Å². The van der Waals surface area contributed by atoms with Gasteiger partial charge >= 0.3 is 0 Å². The quantitative estimate of drug-likeness (QED) is 0.859. The van der Waals surface area contributed by atoms with E-state index < -0.39 is 0 Å². The van der Waals surface area contributed by atoms with Gasteiger partial charge in [-0.05, 0) is 19.1 Å². The Balaban J connectivity index is 1.93. The third-order valence-corrected chi connectivity index (χ3v) is 2.36. The van der Waals surface area contributed by atoms with Crippen LogP contribution in [0.5, 0.6) is 0 Å². The average Bonchev–Trinajstić information content (AvgIpc) is 2.41. The van der Waals surface area contributed by atoms with Crippen LogP contribution in [0.15, 0.2) is 48.9 Å². The number of benzene rings is 1. The van der Waals surface area contributed by atoms with E-state index in [1.54, 1.807) is 25.5 Å². The summed E-state index contributed by atoms with van der Waals surface area (Å²) in [6.45, 7) is 1.77. The zero-order chi connectivity index (χ0) is 12.8. The second kappa shape index (κ2) is 5.77. The van der Waals surface area contributed by atoms with Gasteiger partial charge in [-0.25, -0.2) is 4.98 Å². The molecule has 0 radical (unpaired) electrons. The third-order valence-electron chi connectivity index (χ3n) is 2.36. The summed E-state index contributed by atoms with van der Waals surface area (Å²) in [5, 5.41) is 5.79. The van der Waals surface area contributed by atoms with Gasteiger partial charge in [-0.1, -0.05) is 18.2 Å². The lowest BCUT2D eigenvalue weighted by Gasteiger charge is -2.14. The first-order valence-corrected chi connectivity index (χ1v) is 5.64. The first-order valence-electron chi connectivity index (χ1n) is 5.64. The number of amides is 1. The molecular formula is C13H14N4O. The Kier molecular flexibility index (Phi) is 3.86. The molecule has 5 nitrogen and oxygen atoms in total. The normalized spacial score (nSPS) is 11.6. The molecule has 1 aromatic heterocycles. The van der Waals surface area contributed by atoms with Crippen molar-refractivity contribution >= 4 is 17.4 Å². The number of nitrogens with one attached hydrogen (secondary N) is 2. The smallest absolute Gasteiger partial charge is 0.246 e. The highest BCUT2D eigenvalue weighted by Gasteiger charge is 2.12. The van der Waals surface area contributed by atoms with Crippen molar-refractivity contribution in [2.24, 2.45) is 0 Å². The summed E-state index contributed by atoms with van der Waals surface area (Å²) in [6, 6.07) is 8.94. The van der Waals surface area contributed by atoms with Crippen LogP contribution in [0.4, 0.5) is 11.5 Å². The Morgan fingerprint density at radius 1 is 1.22 bits per heavy atom. The maximum atomic E-state index is 11.9. The second-order valence-corrected chi connectivity index (χ2v) is 3.81. The van der Waals surface area contributed by atoms with Gasteiger partial charge in [0, 0.05) is 18.1 Å². The molecule has 2 rings (SSSR count). The van der Waals surface area contributed by atoms with Crippen molar-refractivity contribution < 1.29 is 4.79 Å². The van der Waals surface area contributed by atoms with Gasteiger partial charge in [0.2, 0.25) is 5.91 Å². The maximum Gasteiger partial charge on any atom is 0.246 e. The lowest BCUT2D eigenvalue weighted by Crippen LogP contribution is -2.32. The number of hydrogen-bond acceptors (Lipinski definition) is 4. The van der Waals surface area contributed by atoms with Crippen LogP contribution in [0, 0.1) is 0 Å². The summed E-state index contributed by atoms with van der Waals surface area (Å²) in [6.07, 6.45) is 4.73. The fourth-order valence-electron chi connectivity index (χ4n) is 1.43. The Morgan fingerprint density at radius 3 is 2.67 bits per heavy atom. The minimum atomic E-state index is -0.387. The van der Waals surface area contributed by atoms with Gasteiger partial charge < -0.3 is 10.6 Å². The molecule has 0 saturated heterocycles. The summed E-state index contributed by atoms with van der Waals surface area (Å²) in [7, 11) is 0. The fraction of sp³-hybridized carbons (Fsp3) is 0.154. The van der Waals surface area contributed by atoms with Crippen LogP contribution in [0.3, 0.4) is 0 Å². The monoisotopic (exact) mass is 242 g/mol. The highest BCUT2D eigenvalue weighted by atomic mass is 16.2. The molecule has 2 aromatic rings. The van der Waals surface area contributed by atoms with E-state index in [9.17, 15) is 4.79 Å². The number of rotatable bonds is 4. The summed E-state index contributed by atoms with van der Waals surface area (Å²) in [5.74, 6) is 0.458. The Labute approximate surface area is 105 Å². The number of aromatic nitrogens is 2. The third kappa shape index (κ3) is 3.28. The van der Waals surface area contributed by atoms with Crippen LogP contribution in [0.25, 0.3) is 0 Å². The second-order valence-electron chi connectivity index (χ2n) is 3.81. The molecule has 1 atom stereocenters. The predicted octanol–water partition coefficient (Wildman–Crippen LogP) is 1.92. The molecule has 0 aliphatic heterocycles. The summed E-state index contributed by atoms with van der Waals surface area (Å²) < 4.78 is 0. The van der Waals surface area contributed by atoms with Gasteiger partial charge in [0.25, 0.3) is 0 Å². The van der Waals surface area contributed by atoms with Crippen molar-refractivity contribution in [1.29, 1.82) is 0 Å². The van der Waals surface area contributed by atoms with Crippen molar-refractivity contribution in [1.82, 2.24) is 9.97 Å². The zero-order valence-electron chi connectivity index (χ0n) is 10.00. The molecular weight excluding hydrogens is 228 g/mol. The predicted molar refractivity (Wildman–Crippen MR) is 70.2 cm³/mol. The highest BCUT2D eigenvalue weighted by Crippen LogP contribution is 2.07. The number of anilines is 2. The minimum absolute atomic E-state index is 0.119. The number of nitrogens with zero attached hydrogens (tertiary/aromatic N) is 2. The Hall–Kier alpha value is -2.43. The largest absolute Gasteiger partial charge is 0.357 e. The number of para-hydroxylation sites is 1. The lowest BCUT2D eigenvalue weighted by molar-refractivity contribution is -0.116. The molecule has 1 heterocycles. The topological polar surface area (TPSA) is 66.9 Å². The van der Waals surface area contributed by atoms with Crippen molar-refractivity contribution in [3.63, 3.8) is 0 Å². The molecule has 18 heavy (non-hydrogen) atoms. The molecule has 0 aliphatic carbocycles. The summed E-state index contributed by atoms with van der Waals surface area (Å²) in [5.41, 5.74) is 0.773. The van der Waals surface area contributed by atoms with E-state index in [0.717, 1.165) is 5.69 Å².